The first-order chi connectivity index (χ1) is 11.3. The Bertz CT molecular complexity index is 832. The second-order valence-corrected chi connectivity index (χ2v) is 7.35. The minimum absolute atomic E-state index is 0.00694. The molecule has 7 heteroatoms. The number of hydrogen-bond acceptors (Lipinski definition) is 4. The number of rotatable bonds is 6. The number of benzene rings is 2. The molecule has 0 radical (unpaired) electrons. The fraction of sp³-hybridized carbons (Fsp3) is 0.235. The maximum Gasteiger partial charge on any atom is 0.254 e. The van der Waals surface area contributed by atoms with Crippen LogP contribution in [0.4, 0.5) is 4.39 Å². The standard InChI is InChI=1S/C17H18FNO4S/c1-12-3-8-16(18)15(11-12)17(20)19-9-10-23-13-4-6-14(7-5-13)24(2,21)22/h3-8,11H,9-10H2,1-2H3,(H,19,20). The Morgan fingerprint density at radius 3 is 2.46 bits per heavy atom. The zero-order valence-corrected chi connectivity index (χ0v) is 14.2. The molecule has 0 fully saturated rings. The van der Waals surface area contributed by atoms with E-state index in [0.29, 0.717) is 5.75 Å². The van der Waals surface area contributed by atoms with E-state index in [1.807, 2.05) is 0 Å². The number of halogens is 1. The summed E-state index contributed by atoms with van der Waals surface area (Å²) in [6.07, 6.45) is 1.13. The lowest BCUT2D eigenvalue weighted by Crippen LogP contribution is -2.28. The van der Waals surface area contributed by atoms with E-state index < -0.39 is 21.6 Å². The second-order valence-electron chi connectivity index (χ2n) is 5.33. The largest absolute Gasteiger partial charge is 0.492 e. The number of nitrogens with one attached hydrogen (secondary N) is 1. The normalized spacial score (nSPS) is 11.1. The summed E-state index contributed by atoms with van der Waals surface area (Å²) in [5, 5.41) is 2.57. The molecule has 24 heavy (non-hydrogen) atoms. The number of ether oxygens (including phenoxy) is 1. The lowest BCUT2D eigenvalue weighted by Gasteiger charge is -2.09. The predicted octanol–water partition coefficient (Wildman–Crippen LogP) is 2.35. The minimum Gasteiger partial charge on any atom is -0.492 e. The van der Waals surface area contributed by atoms with Crippen molar-refractivity contribution in [2.24, 2.45) is 0 Å². The molecule has 0 aromatic heterocycles. The SMILES string of the molecule is Cc1ccc(F)c(C(=O)NCCOc2ccc(S(C)(=O)=O)cc2)c1. The molecule has 0 saturated carbocycles. The van der Waals surface area contributed by atoms with Crippen molar-refractivity contribution < 1.29 is 22.3 Å². The molecule has 0 unspecified atom stereocenters. The van der Waals surface area contributed by atoms with Crippen LogP contribution in [0.3, 0.4) is 0 Å². The summed E-state index contributed by atoms with van der Waals surface area (Å²) < 4.78 is 41.7. The Hall–Kier alpha value is -2.41. The van der Waals surface area contributed by atoms with Crippen molar-refractivity contribution in [1.29, 1.82) is 0 Å². The molecule has 0 aliphatic heterocycles. The molecule has 128 valence electrons. The van der Waals surface area contributed by atoms with E-state index in [2.05, 4.69) is 5.32 Å². The average Bonchev–Trinajstić information content (AvgIpc) is 2.53. The monoisotopic (exact) mass is 351 g/mol. The molecule has 2 aromatic carbocycles. The van der Waals surface area contributed by atoms with Crippen molar-refractivity contribution >= 4 is 15.7 Å². The molecule has 0 bridgehead atoms. The first-order valence-electron chi connectivity index (χ1n) is 7.24. The van der Waals surface area contributed by atoms with Crippen molar-refractivity contribution in [3.8, 4) is 5.75 Å². The van der Waals surface area contributed by atoms with E-state index in [0.717, 1.165) is 11.8 Å². The molecule has 2 rings (SSSR count). The Balaban J connectivity index is 1.84. The summed E-state index contributed by atoms with van der Waals surface area (Å²) >= 11 is 0. The molecule has 2 aromatic rings. The molecule has 0 atom stereocenters. The van der Waals surface area contributed by atoms with Crippen molar-refractivity contribution in [2.45, 2.75) is 11.8 Å². The van der Waals surface area contributed by atoms with Gasteiger partial charge in [0.2, 0.25) is 0 Å². The van der Waals surface area contributed by atoms with Gasteiger partial charge >= 0.3 is 0 Å². The number of carbonyl (C=O) groups excluding carboxylic acids is 1. The average molecular weight is 351 g/mol. The van der Waals surface area contributed by atoms with Crippen molar-refractivity contribution in [3.05, 3.63) is 59.4 Å². The van der Waals surface area contributed by atoms with E-state index >= 15 is 0 Å². The van der Waals surface area contributed by atoms with Crippen LogP contribution in [0.1, 0.15) is 15.9 Å². The smallest absolute Gasteiger partial charge is 0.254 e. The third kappa shape index (κ3) is 4.79. The van der Waals surface area contributed by atoms with Crippen LogP contribution in [-0.2, 0) is 9.84 Å². The zero-order chi connectivity index (χ0) is 17.7. The highest BCUT2D eigenvalue weighted by atomic mass is 32.2. The summed E-state index contributed by atoms with van der Waals surface area (Å²) in [5.74, 6) is -0.596. The van der Waals surface area contributed by atoms with Gasteiger partial charge in [-0.25, -0.2) is 12.8 Å². The topological polar surface area (TPSA) is 72.5 Å². The Morgan fingerprint density at radius 2 is 1.83 bits per heavy atom. The molecular formula is C17H18FNO4S. The van der Waals surface area contributed by atoms with Crippen LogP contribution in [0.25, 0.3) is 0 Å². The van der Waals surface area contributed by atoms with E-state index in [-0.39, 0.29) is 23.6 Å². The fourth-order valence-corrected chi connectivity index (χ4v) is 2.66. The highest BCUT2D eigenvalue weighted by Crippen LogP contribution is 2.15. The number of hydrogen-bond donors (Lipinski definition) is 1. The summed E-state index contributed by atoms with van der Waals surface area (Å²) in [5.41, 5.74) is 0.788. The van der Waals surface area contributed by atoms with Crippen LogP contribution >= 0.6 is 0 Å². The maximum absolute atomic E-state index is 13.6. The molecule has 0 aliphatic rings. The molecular weight excluding hydrogens is 333 g/mol. The number of sulfone groups is 1. The van der Waals surface area contributed by atoms with Crippen molar-refractivity contribution in [3.63, 3.8) is 0 Å². The summed E-state index contributed by atoms with van der Waals surface area (Å²) in [4.78, 5) is 12.1. The molecule has 0 aliphatic carbocycles. The maximum atomic E-state index is 13.6. The van der Waals surface area contributed by atoms with Gasteiger partial charge in [-0.1, -0.05) is 11.6 Å². The molecule has 0 spiro atoms. The Kier molecular flexibility index (Phi) is 5.56. The van der Waals surface area contributed by atoms with Crippen molar-refractivity contribution in [1.82, 2.24) is 5.32 Å². The lowest BCUT2D eigenvalue weighted by molar-refractivity contribution is 0.0943. The van der Waals surface area contributed by atoms with Crippen LogP contribution in [0.15, 0.2) is 47.4 Å². The Labute approximate surface area is 140 Å². The first-order valence-corrected chi connectivity index (χ1v) is 9.14. The van der Waals surface area contributed by atoms with Gasteiger partial charge in [0.05, 0.1) is 17.0 Å². The van der Waals surface area contributed by atoms with Gasteiger partial charge in [-0.05, 0) is 43.3 Å². The quantitative estimate of drug-likeness (QED) is 0.811. The van der Waals surface area contributed by atoms with Gasteiger partial charge in [-0.2, -0.15) is 0 Å². The second kappa shape index (κ2) is 7.44. The first kappa shape index (κ1) is 17.9. The van der Waals surface area contributed by atoms with Gasteiger partial charge < -0.3 is 10.1 Å². The molecule has 0 heterocycles. The van der Waals surface area contributed by atoms with E-state index in [4.69, 9.17) is 4.74 Å². The van der Waals surface area contributed by atoms with Crippen LogP contribution < -0.4 is 10.1 Å². The molecule has 0 saturated heterocycles. The van der Waals surface area contributed by atoms with E-state index in [1.54, 1.807) is 25.1 Å². The van der Waals surface area contributed by atoms with Crippen LogP contribution in [0.5, 0.6) is 5.75 Å². The predicted molar refractivity (Wildman–Crippen MR) is 88.5 cm³/mol. The van der Waals surface area contributed by atoms with E-state index in [9.17, 15) is 17.6 Å². The van der Waals surface area contributed by atoms with Gasteiger partial charge in [0, 0.05) is 6.26 Å². The highest BCUT2D eigenvalue weighted by molar-refractivity contribution is 7.90. The van der Waals surface area contributed by atoms with Crippen molar-refractivity contribution in [2.75, 3.05) is 19.4 Å². The Morgan fingerprint density at radius 1 is 1.17 bits per heavy atom. The van der Waals surface area contributed by atoms with Gasteiger partial charge in [-0.3, -0.25) is 4.79 Å². The van der Waals surface area contributed by atoms with Gasteiger partial charge in [0.1, 0.15) is 18.2 Å². The van der Waals surface area contributed by atoms with E-state index in [1.165, 1.54) is 24.3 Å². The highest BCUT2D eigenvalue weighted by Gasteiger charge is 2.11. The molecule has 5 nitrogen and oxygen atoms in total. The van der Waals surface area contributed by atoms with Crippen LogP contribution in [-0.4, -0.2) is 33.7 Å². The summed E-state index contributed by atoms with van der Waals surface area (Å²) in [7, 11) is -3.24. The van der Waals surface area contributed by atoms with Crippen LogP contribution in [0, 0.1) is 12.7 Å². The number of amides is 1. The molecule has 1 N–H and O–H groups in total. The zero-order valence-electron chi connectivity index (χ0n) is 13.4. The summed E-state index contributed by atoms with van der Waals surface area (Å²) in [6.45, 7) is 2.15. The third-order valence-electron chi connectivity index (χ3n) is 3.27. The van der Waals surface area contributed by atoms with Gasteiger partial charge in [0.15, 0.2) is 9.84 Å². The summed E-state index contributed by atoms with van der Waals surface area (Å²) in [6, 6.07) is 10.3. The minimum atomic E-state index is -3.24. The third-order valence-corrected chi connectivity index (χ3v) is 4.40. The lowest BCUT2D eigenvalue weighted by atomic mass is 10.1. The van der Waals surface area contributed by atoms with Gasteiger partial charge in [0.25, 0.3) is 5.91 Å². The van der Waals surface area contributed by atoms with Crippen LogP contribution in [0.2, 0.25) is 0 Å². The van der Waals surface area contributed by atoms with Gasteiger partial charge in [-0.15, -0.1) is 0 Å². The fourth-order valence-electron chi connectivity index (χ4n) is 2.02. The number of aryl methyl sites for hydroxylation is 1. The number of carbonyl (C=O) groups is 1. The molecule has 1 amide bonds.